The molecule has 0 spiro atoms. The second-order valence-corrected chi connectivity index (χ2v) is 34.7. The van der Waals surface area contributed by atoms with Gasteiger partial charge in [0.25, 0.3) is 0 Å². The molecule has 618 valence electrons. The molecule has 17 nitrogen and oxygen atoms in total. The number of aliphatic hydroxyl groups excluding tert-OH is 1. The van der Waals surface area contributed by atoms with Crippen molar-refractivity contribution in [2.75, 3.05) is 39.6 Å². The standard InChI is InChI=1S/C85H166O17P2/c1-8-10-11-12-13-14-15-16-17-18-19-20-21-22-23-28-31-34-40-45-54-61-68-84(89)101-80(72-95-82(87)66-59-52-44-39-33-30-27-25-24-26-29-32-37-42-49-56-63-76(3)4)74-99-103(91,92)97-70-79(86)71-98-104(93,94)100-75-81(73-96-83(88)67-60-53-48-47-51-58-65-78(7)9-2)102-85(90)69-62-55-46-41-36-35-38-43-50-57-64-77(5)6/h76-81,86H,8-75H2,1-7H3,(H,91,92)(H,93,94)/t78?,79-,80-,81-/m1/s1. The van der Waals surface area contributed by atoms with Crippen LogP contribution in [-0.4, -0.2) is 96.7 Å². The van der Waals surface area contributed by atoms with Gasteiger partial charge in [-0.3, -0.25) is 37.3 Å². The summed E-state index contributed by atoms with van der Waals surface area (Å²) in [6, 6.07) is 0. The summed E-state index contributed by atoms with van der Waals surface area (Å²) in [6.45, 7) is 11.9. The quantitative estimate of drug-likeness (QED) is 0.0222. The summed E-state index contributed by atoms with van der Waals surface area (Å²) < 4.78 is 68.8. The highest BCUT2D eigenvalue weighted by Crippen LogP contribution is 2.45. The maximum atomic E-state index is 13.1. The Labute approximate surface area is 638 Å². The first-order valence-corrected chi connectivity index (χ1v) is 46.9. The zero-order chi connectivity index (χ0) is 76.5. The van der Waals surface area contributed by atoms with E-state index < -0.39 is 97.5 Å². The summed E-state index contributed by atoms with van der Waals surface area (Å²) in [5.74, 6) is 0.186. The summed E-state index contributed by atoms with van der Waals surface area (Å²) in [5.41, 5.74) is 0. The molecule has 0 saturated heterocycles. The predicted molar refractivity (Wildman–Crippen MR) is 428 cm³/mol. The van der Waals surface area contributed by atoms with Gasteiger partial charge in [0, 0.05) is 25.7 Å². The molecule has 0 aliphatic heterocycles. The monoisotopic (exact) mass is 1520 g/mol. The van der Waals surface area contributed by atoms with Crippen LogP contribution in [0.15, 0.2) is 0 Å². The van der Waals surface area contributed by atoms with Crippen molar-refractivity contribution in [1.29, 1.82) is 0 Å². The highest BCUT2D eigenvalue weighted by molar-refractivity contribution is 7.47. The molecule has 0 aliphatic carbocycles. The number of rotatable bonds is 83. The lowest BCUT2D eigenvalue weighted by Crippen LogP contribution is -2.30. The molecule has 0 bridgehead atoms. The minimum atomic E-state index is -4.97. The van der Waals surface area contributed by atoms with E-state index in [4.69, 9.17) is 37.0 Å². The van der Waals surface area contributed by atoms with E-state index in [1.165, 1.54) is 250 Å². The fourth-order valence-electron chi connectivity index (χ4n) is 13.2. The van der Waals surface area contributed by atoms with Crippen molar-refractivity contribution in [2.45, 2.75) is 465 Å². The number of hydrogen-bond acceptors (Lipinski definition) is 15. The molecule has 3 N–H and O–H groups in total. The van der Waals surface area contributed by atoms with Crippen LogP contribution in [0.25, 0.3) is 0 Å². The predicted octanol–water partition coefficient (Wildman–Crippen LogP) is 25.7. The van der Waals surface area contributed by atoms with Gasteiger partial charge in [0.1, 0.15) is 19.3 Å². The summed E-state index contributed by atoms with van der Waals surface area (Å²) in [4.78, 5) is 73.1. The van der Waals surface area contributed by atoms with Crippen molar-refractivity contribution >= 4 is 39.5 Å². The van der Waals surface area contributed by atoms with E-state index in [1.807, 2.05) is 0 Å². The number of ether oxygens (including phenoxy) is 4. The Morgan fingerprint density at radius 2 is 0.490 bits per heavy atom. The van der Waals surface area contributed by atoms with E-state index in [0.29, 0.717) is 25.7 Å². The topological polar surface area (TPSA) is 237 Å². The smallest absolute Gasteiger partial charge is 0.462 e. The summed E-state index contributed by atoms with van der Waals surface area (Å²) in [5, 5.41) is 10.7. The third-order valence-corrected chi connectivity index (χ3v) is 22.1. The average molecular weight is 1520 g/mol. The van der Waals surface area contributed by atoms with E-state index in [0.717, 1.165) is 114 Å². The molecule has 104 heavy (non-hydrogen) atoms. The number of phosphoric ester groups is 2. The van der Waals surface area contributed by atoms with E-state index in [2.05, 4.69) is 48.5 Å². The SMILES string of the molecule is CCCCCCCCCCCCCCCCCCCCCCCCC(=O)O[C@H](COC(=O)CCCCCCCCCCCCCCCCCCC(C)C)COP(=O)(O)OC[C@@H](O)COP(=O)(O)OC[C@@H](COC(=O)CCCCCCCCC(C)CC)OC(=O)CCCCCCCCCCCCC(C)C. The van der Waals surface area contributed by atoms with Crippen LogP contribution in [0.4, 0.5) is 0 Å². The zero-order valence-electron chi connectivity index (χ0n) is 68.5. The fourth-order valence-corrected chi connectivity index (χ4v) is 14.7. The van der Waals surface area contributed by atoms with Crippen LogP contribution in [0.2, 0.25) is 0 Å². The average Bonchev–Trinajstić information content (AvgIpc) is 0.903. The lowest BCUT2D eigenvalue weighted by Gasteiger charge is -2.21. The number of esters is 4. The van der Waals surface area contributed by atoms with Gasteiger partial charge >= 0.3 is 39.5 Å². The van der Waals surface area contributed by atoms with Crippen LogP contribution < -0.4 is 0 Å². The molecule has 0 aromatic carbocycles. The first-order valence-electron chi connectivity index (χ1n) is 43.9. The Morgan fingerprint density at radius 3 is 0.731 bits per heavy atom. The number of unbranched alkanes of at least 4 members (excludes halogenated alkanes) is 50. The van der Waals surface area contributed by atoms with Gasteiger partial charge < -0.3 is 33.8 Å². The third-order valence-electron chi connectivity index (χ3n) is 20.2. The Balaban J connectivity index is 5.21. The minimum absolute atomic E-state index is 0.105. The maximum Gasteiger partial charge on any atom is 0.472 e. The normalized spacial score (nSPS) is 14.2. The van der Waals surface area contributed by atoms with Gasteiger partial charge in [0.05, 0.1) is 26.4 Å². The zero-order valence-corrected chi connectivity index (χ0v) is 70.3. The van der Waals surface area contributed by atoms with Crippen molar-refractivity contribution in [1.82, 2.24) is 0 Å². The Hall–Kier alpha value is -1.94. The summed E-state index contributed by atoms with van der Waals surface area (Å²) in [7, 11) is -9.93. The summed E-state index contributed by atoms with van der Waals surface area (Å²) in [6.07, 6.45) is 65.5. The molecule has 3 unspecified atom stereocenters. The van der Waals surface area contributed by atoms with Crippen LogP contribution in [0.1, 0.15) is 447 Å². The molecule has 0 fully saturated rings. The van der Waals surface area contributed by atoms with Crippen molar-refractivity contribution in [3.05, 3.63) is 0 Å². The van der Waals surface area contributed by atoms with Crippen molar-refractivity contribution in [3.63, 3.8) is 0 Å². The van der Waals surface area contributed by atoms with Crippen molar-refractivity contribution in [3.8, 4) is 0 Å². The van der Waals surface area contributed by atoms with E-state index in [1.54, 1.807) is 0 Å². The molecular formula is C85H166O17P2. The molecule has 0 aliphatic rings. The molecule has 0 aromatic rings. The third kappa shape index (κ3) is 76.8. The summed E-state index contributed by atoms with van der Waals surface area (Å²) >= 11 is 0. The second kappa shape index (κ2) is 75.1. The second-order valence-electron chi connectivity index (χ2n) is 31.8. The Bertz CT molecular complexity index is 2010. The minimum Gasteiger partial charge on any atom is -0.462 e. The van der Waals surface area contributed by atoms with Gasteiger partial charge in [-0.1, -0.05) is 395 Å². The highest BCUT2D eigenvalue weighted by Gasteiger charge is 2.30. The van der Waals surface area contributed by atoms with Gasteiger partial charge in [0.15, 0.2) is 12.2 Å². The van der Waals surface area contributed by atoms with Gasteiger partial charge in [-0.05, 0) is 43.4 Å². The number of carbonyl (C=O) groups excluding carboxylic acids is 4. The Morgan fingerprint density at radius 1 is 0.279 bits per heavy atom. The van der Waals surface area contributed by atoms with Gasteiger partial charge in [0.2, 0.25) is 0 Å². The van der Waals surface area contributed by atoms with Crippen LogP contribution in [-0.2, 0) is 65.4 Å². The van der Waals surface area contributed by atoms with Crippen molar-refractivity contribution in [2.24, 2.45) is 17.8 Å². The van der Waals surface area contributed by atoms with Crippen LogP contribution in [0, 0.1) is 17.8 Å². The molecule has 0 heterocycles. The molecule has 6 atom stereocenters. The molecule has 0 radical (unpaired) electrons. The van der Waals surface area contributed by atoms with E-state index >= 15 is 0 Å². The van der Waals surface area contributed by atoms with E-state index in [-0.39, 0.29) is 25.7 Å². The molecule has 0 aromatic heterocycles. The van der Waals surface area contributed by atoms with E-state index in [9.17, 15) is 43.2 Å². The number of phosphoric acid groups is 2. The number of hydrogen-bond donors (Lipinski definition) is 3. The maximum absolute atomic E-state index is 13.1. The van der Waals surface area contributed by atoms with Crippen LogP contribution >= 0.6 is 15.6 Å². The van der Waals surface area contributed by atoms with Crippen LogP contribution in [0.3, 0.4) is 0 Å². The van der Waals surface area contributed by atoms with Gasteiger partial charge in [-0.25, -0.2) is 9.13 Å². The van der Waals surface area contributed by atoms with Gasteiger partial charge in [-0.15, -0.1) is 0 Å². The van der Waals surface area contributed by atoms with Crippen LogP contribution in [0.5, 0.6) is 0 Å². The first-order chi connectivity index (χ1) is 50.3. The lowest BCUT2D eigenvalue weighted by atomic mass is 10.00. The molecule has 19 heteroatoms. The Kier molecular flexibility index (Phi) is 73.7. The fraction of sp³-hybridized carbons (Fsp3) is 0.953. The van der Waals surface area contributed by atoms with Crippen molar-refractivity contribution < 1.29 is 80.2 Å². The molecule has 0 amide bonds. The first kappa shape index (κ1) is 102. The number of carbonyl (C=O) groups is 4. The van der Waals surface area contributed by atoms with Gasteiger partial charge in [-0.2, -0.15) is 0 Å². The molecule has 0 saturated carbocycles. The number of aliphatic hydroxyl groups is 1. The lowest BCUT2D eigenvalue weighted by molar-refractivity contribution is -0.161. The molecular weight excluding hydrogens is 1350 g/mol. The largest absolute Gasteiger partial charge is 0.472 e. The molecule has 0 rings (SSSR count). The highest BCUT2D eigenvalue weighted by atomic mass is 31.2.